The van der Waals surface area contributed by atoms with Gasteiger partial charge < -0.3 is 9.47 Å². The number of hydrogen-bond acceptors (Lipinski definition) is 5. The van der Waals surface area contributed by atoms with Crippen molar-refractivity contribution in [3.63, 3.8) is 0 Å². The maximum absolute atomic E-state index is 12.0. The van der Waals surface area contributed by atoms with E-state index in [9.17, 15) is 14.4 Å². The highest BCUT2D eigenvalue weighted by atomic mass is 16.5. The van der Waals surface area contributed by atoms with Crippen molar-refractivity contribution in [2.75, 3.05) is 14.2 Å². The SMILES string of the molecule is COC(=O)C(=O)CC(=O)c1cc(C)c(C)cc1OC. The molecule has 0 spiro atoms. The maximum atomic E-state index is 12.0. The molecule has 5 heteroatoms. The lowest BCUT2D eigenvalue weighted by molar-refractivity contribution is -0.151. The summed E-state index contributed by atoms with van der Waals surface area (Å²) in [6, 6.07) is 3.38. The standard InChI is InChI=1S/C14H16O5/c1-8-5-10(13(18-3)6-9(8)2)11(15)7-12(16)14(17)19-4/h5-6H,7H2,1-4H3. The summed E-state index contributed by atoms with van der Waals surface area (Å²) in [6.45, 7) is 3.75. The molecule has 0 aliphatic carbocycles. The van der Waals surface area contributed by atoms with Crippen LogP contribution in [-0.4, -0.2) is 31.8 Å². The summed E-state index contributed by atoms with van der Waals surface area (Å²) in [6.07, 6.45) is -0.522. The summed E-state index contributed by atoms with van der Waals surface area (Å²) < 4.78 is 9.40. The topological polar surface area (TPSA) is 69.7 Å². The van der Waals surface area contributed by atoms with E-state index in [-0.39, 0.29) is 0 Å². The van der Waals surface area contributed by atoms with E-state index in [0.717, 1.165) is 18.2 Å². The minimum absolute atomic E-state index is 0.294. The van der Waals surface area contributed by atoms with Gasteiger partial charge in [0.1, 0.15) is 5.75 Å². The number of carbonyl (C=O) groups is 3. The molecule has 1 aromatic carbocycles. The molecule has 0 fully saturated rings. The molecule has 0 amide bonds. The average Bonchev–Trinajstić information content (AvgIpc) is 2.39. The van der Waals surface area contributed by atoms with E-state index in [2.05, 4.69) is 4.74 Å². The fraction of sp³-hybridized carbons (Fsp3) is 0.357. The second-order valence-electron chi connectivity index (χ2n) is 4.15. The Kier molecular flexibility index (Phi) is 4.80. The van der Waals surface area contributed by atoms with Crippen molar-refractivity contribution >= 4 is 17.5 Å². The van der Waals surface area contributed by atoms with Gasteiger partial charge in [-0.15, -0.1) is 0 Å². The Hall–Kier alpha value is -2.17. The Morgan fingerprint density at radius 1 is 1.05 bits per heavy atom. The van der Waals surface area contributed by atoms with E-state index >= 15 is 0 Å². The van der Waals surface area contributed by atoms with Crippen molar-refractivity contribution in [1.29, 1.82) is 0 Å². The molecule has 19 heavy (non-hydrogen) atoms. The largest absolute Gasteiger partial charge is 0.496 e. The fourth-order valence-corrected chi connectivity index (χ4v) is 1.60. The Bertz CT molecular complexity index is 531. The number of hydrogen-bond donors (Lipinski definition) is 0. The van der Waals surface area contributed by atoms with Crippen molar-refractivity contribution in [1.82, 2.24) is 0 Å². The zero-order valence-corrected chi connectivity index (χ0v) is 11.4. The van der Waals surface area contributed by atoms with Gasteiger partial charge in [0.05, 0.1) is 26.2 Å². The zero-order chi connectivity index (χ0) is 14.6. The summed E-state index contributed by atoms with van der Waals surface area (Å²) in [5.41, 5.74) is 2.19. The van der Waals surface area contributed by atoms with Crippen LogP contribution in [0.1, 0.15) is 27.9 Å². The van der Waals surface area contributed by atoms with Crippen LogP contribution in [0.3, 0.4) is 0 Å². The lowest BCUT2D eigenvalue weighted by Crippen LogP contribution is -2.19. The first-order valence-corrected chi connectivity index (χ1v) is 5.70. The molecular weight excluding hydrogens is 248 g/mol. The first kappa shape index (κ1) is 14.9. The van der Waals surface area contributed by atoms with Gasteiger partial charge in [-0.2, -0.15) is 0 Å². The van der Waals surface area contributed by atoms with Crippen molar-refractivity contribution in [3.8, 4) is 5.75 Å². The molecule has 0 radical (unpaired) electrons. The third kappa shape index (κ3) is 3.40. The van der Waals surface area contributed by atoms with Gasteiger partial charge in [0.25, 0.3) is 0 Å². The molecule has 0 atom stereocenters. The molecule has 0 heterocycles. The molecule has 102 valence electrons. The quantitative estimate of drug-likeness (QED) is 0.350. The van der Waals surface area contributed by atoms with E-state index < -0.39 is 24.0 Å². The van der Waals surface area contributed by atoms with Crippen molar-refractivity contribution < 1.29 is 23.9 Å². The van der Waals surface area contributed by atoms with Gasteiger partial charge in [-0.3, -0.25) is 9.59 Å². The summed E-state index contributed by atoms with van der Waals surface area (Å²) >= 11 is 0. The normalized spacial score (nSPS) is 9.89. The van der Waals surface area contributed by atoms with Gasteiger partial charge in [-0.05, 0) is 37.1 Å². The Balaban J connectivity index is 3.03. The van der Waals surface area contributed by atoms with Crippen LogP contribution >= 0.6 is 0 Å². The highest BCUT2D eigenvalue weighted by Crippen LogP contribution is 2.24. The number of methoxy groups -OCH3 is 2. The fourth-order valence-electron chi connectivity index (χ4n) is 1.60. The Labute approximate surface area is 111 Å². The molecule has 0 N–H and O–H groups in total. The average molecular weight is 264 g/mol. The van der Waals surface area contributed by atoms with Gasteiger partial charge in [0.2, 0.25) is 5.78 Å². The predicted molar refractivity (Wildman–Crippen MR) is 68.4 cm³/mol. The number of esters is 1. The van der Waals surface area contributed by atoms with Gasteiger partial charge >= 0.3 is 5.97 Å². The Morgan fingerprint density at radius 3 is 2.16 bits per heavy atom. The van der Waals surface area contributed by atoms with Gasteiger partial charge in [0, 0.05) is 0 Å². The summed E-state index contributed by atoms with van der Waals surface area (Å²) in [5, 5.41) is 0. The van der Waals surface area contributed by atoms with Crippen molar-refractivity contribution in [3.05, 3.63) is 28.8 Å². The van der Waals surface area contributed by atoms with E-state index in [0.29, 0.717) is 11.3 Å². The van der Waals surface area contributed by atoms with Crippen LogP contribution in [0.25, 0.3) is 0 Å². The summed E-state index contributed by atoms with van der Waals surface area (Å²) in [4.78, 5) is 34.4. The number of aryl methyl sites for hydroxylation is 2. The smallest absolute Gasteiger partial charge is 0.374 e. The number of benzene rings is 1. The number of ether oxygens (including phenoxy) is 2. The summed E-state index contributed by atoms with van der Waals surface area (Å²) in [7, 11) is 2.55. The molecule has 1 rings (SSSR count). The van der Waals surface area contributed by atoms with E-state index in [4.69, 9.17) is 4.74 Å². The number of ketones is 2. The van der Waals surface area contributed by atoms with E-state index in [1.165, 1.54) is 7.11 Å². The highest BCUT2D eigenvalue weighted by Gasteiger charge is 2.22. The maximum Gasteiger partial charge on any atom is 0.374 e. The summed E-state index contributed by atoms with van der Waals surface area (Å²) in [5.74, 6) is -1.95. The van der Waals surface area contributed by atoms with Gasteiger partial charge in [-0.1, -0.05) is 0 Å². The van der Waals surface area contributed by atoms with Crippen LogP contribution in [0.4, 0.5) is 0 Å². The third-order valence-electron chi connectivity index (χ3n) is 2.85. The highest BCUT2D eigenvalue weighted by molar-refractivity contribution is 6.38. The van der Waals surface area contributed by atoms with Crippen LogP contribution in [0.5, 0.6) is 5.75 Å². The molecule has 0 saturated heterocycles. The third-order valence-corrected chi connectivity index (χ3v) is 2.85. The second kappa shape index (κ2) is 6.13. The van der Waals surface area contributed by atoms with Crippen LogP contribution in [0, 0.1) is 13.8 Å². The van der Waals surface area contributed by atoms with Crippen molar-refractivity contribution in [2.24, 2.45) is 0 Å². The molecule has 0 aromatic heterocycles. The molecule has 1 aromatic rings. The lowest BCUT2D eigenvalue weighted by atomic mass is 9.99. The number of rotatable bonds is 5. The van der Waals surface area contributed by atoms with Crippen LogP contribution < -0.4 is 4.74 Å². The van der Waals surface area contributed by atoms with E-state index in [1.54, 1.807) is 12.1 Å². The van der Waals surface area contributed by atoms with E-state index in [1.807, 2.05) is 13.8 Å². The van der Waals surface area contributed by atoms with Crippen LogP contribution in [0.15, 0.2) is 12.1 Å². The number of carbonyl (C=O) groups excluding carboxylic acids is 3. The molecule has 0 saturated carbocycles. The van der Waals surface area contributed by atoms with Gasteiger partial charge in [0.15, 0.2) is 5.78 Å². The molecule has 0 aliphatic heterocycles. The predicted octanol–water partition coefficient (Wildman–Crippen LogP) is 1.63. The molecule has 0 aliphatic rings. The molecule has 0 bridgehead atoms. The minimum Gasteiger partial charge on any atom is -0.496 e. The number of Topliss-reactive ketones (excluding diaryl/α,β-unsaturated/α-hetero) is 2. The molecule has 0 unspecified atom stereocenters. The van der Waals surface area contributed by atoms with Gasteiger partial charge in [-0.25, -0.2) is 4.79 Å². The molecular formula is C14H16O5. The van der Waals surface area contributed by atoms with Crippen LogP contribution in [-0.2, 0) is 14.3 Å². The van der Waals surface area contributed by atoms with Crippen LogP contribution in [0.2, 0.25) is 0 Å². The zero-order valence-electron chi connectivity index (χ0n) is 11.4. The van der Waals surface area contributed by atoms with Crippen molar-refractivity contribution in [2.45, 2.75) is 20.3 Å². The first-order chi connectivity index (χ1) is 8.90. The first-order valence-electron chi connectivity index (χ1n) is 5.70. The minimum atomic E-state index is -1.02. The Morgan fingerprint density at radius 2 is 1.63 bits per heavy atom. The second-order valence-corrected chi connectivity index (χ2v) is 4.15. The monoisotopic (exact) mass is 264 g/mol. The molecule has 5 nitrogen and oxygen atoms in total. The lowest BCUT2D eigenvalue weighted by Gasteiger charge is -2.10.